The Morgan fingerprint density at radius 2 is 2.12 bits per heavy atom. The first-order valence-corrected chi connectivity index (χ1v) is 6.45. The Kier molecular flexibility index (Phi) is 2.27. The summed E-state index contributed by atoms with van der Waals surface area (Å²) in [5, 5.41) is 0. The zero-order valence-corrected chi connectivity index (χ0v) is 10.5. The van der Waals surface area contributed by atoms with E-state index in [1.54, 1.807) is 6.08 Å². The molecule has 0 bridgehead atoms. The van der Waals surface area contributed by atoms with Gasteiger partial charge in [-0.25, -0.2) is 4.79 Å². The van der Waals surface area contributed by atoms with Crippen molar-refractivity contribution in [2.45, 2.75) is 37.6 Å². The third-order valence-corrected chi connectivity index (χ3v) is 4.39. The van der Waals surface area contributed by atoms with Crippen LogP contribution in [0.5, 0.6) is 0 Å². The Morgan fingerprint density at radius 1 is 1.31 bits per heavy atom. The van der Waals surface area contributed by atoms with E-state index >= 15 is 0 Å². The maximum absolute atomic E-state index is 10.4. The lowest BCUT2D eigenvalue weighted by atomic mass is 10.00. The molecule has 0 N–H and O–H groups in total. The molecule has 1 aromatic rings. The van der Waals surface area contributed by atoms with Crippen LogP contribution in [0.25, 0.3) is 0 Å². The quantitative estimate of drug-likeness (QED) is 0.603. The highest BCUT2D eigenvalue weighted by atomic mass is 79.9. The lowest BCUT2D eigenvalue weighted by molar-refractivity contribution is 0.556. The minimum Gasteiger partial charge on any atom is -0.211 e. The number of aliphatic imine (C=N–C) groups is 1. The fraction of sp³-hybridized carbons (Fsp3) is 0.462. The predicted octanol–water partition coefficient (Wildman–Crippen LogP) is 3.26. The van der Waals surface area contributed by atoms with Crippen molar-refractivity contribution < 1.29 is 4.79 Å². The highest BCUT2D eigenvalue weighted by Gasteiger charge is 2.45. The number of hydrogen-bond acceptors (Lipinski definition) is 2. The molecule has 3 heteroatoms. The Bertz CT molecular complexity index is 499. The van der Waals surface area contributed by atoms with Crippen molar-refractivity contribution in [2.24, 2.45) is 4.99 Å². The summed E-state index contributed by atoms with van der Waals surface area (Å²) < 4.78 is 1.19. The van der Waals surface area contributed by atoms with Crippen LogP contribution in [0.3, 0.4) is 0 Å². The number of fused-ring (bicyclic) bond motifs is 1. The molecule has 16 heavy (non-hydrogen) atoms. The summed E-state index contributed by atoms with van der Waals surface area (Å²) in [4.78, 5) is 14.4. The monoisotopic (exact) mass is 277 g/mol. The topological polar surface area (TPSA) is 29.4 Å². The van der Waals surface area contributed by atoms with E-state index < -0.39 is 0 Å². The number of carbonyl (C=O) groups excluding carboxylic acids is 1. The molecule has 0 unspecified atom stereocenters. The molecule has 0 atom stereocenters. The van der Waals surface area contributed by atoms with Crippen molar-refractivity contribution in [1.82, 2.24) is 0 Å². The van der Waals surface area contributed by atoms with Crippen LogP contribution in [0.2, 0.25) is 0 Å². The van der Waals surface area contributed by atoms with E-state index in [0.717, 1.165) is 19.3 Å². The highest BCUT2D eigenvalue weighted by Crippen LogP contribution is 2.50. The maximum atomic E-state index is 10.4. The SMILES string of the molecule is O=C=NC1(c2cc(Br)c3c(c2)CCC3)CC1. The predicted molar refractivity (Wildman–Crippen MR) is 65.2 cm³/mol. The van der Waals surface area contributed by atoms with Crippen LogP contribution >= 0.6 is 15.9 Å². The van der Waals surface area contributed by atoms with Crippen molar-refractivity contribution in [3.05, 3.63) is 33.3 Å². The van der Waals surface area contributed by atoms with E-state index in [-0.39, 0.29) is 5.54 Å². The maximum Gasteiger partial charge on any atom is 0.235 e. The van der Waals surface area contributed by atoms with E-state index in [4.69, 9.17) is 0 Å². The van der Waals surface area contributed by atoms with Crippen molar-refractivity contribution in [3.63, 3.8) is 0 Å². The third-order valence-electron chi connectivity index (χ3n) is 3.68. The average Bonchev–Trinajstić information content (AvgIpc) is 2.89. The van der Waals surface area contributed by atoms with Gasteiger partial charge in [0.05, 0.1) is 5.54 Å². The number of hydrogen-bond donors (Lipinski definition) is 0. The van der Waals surface area contributed by atoms with Crippen LogP contribution in [0.15, 0.2) is 21.6 Å². The first-order chi connectivity index (χ1) is 7.75. The van der Waals surface area contributed by atoms with E-state index in [2.05, 4.69) is 33.1 Å². The number of rotatable bonds is 2. The van der Waals surface area contributed by atoms with E-state index in [1.165, 1.54) is 34.0 Å². The molecule has 2 aliphatic carbocycles. The fourth-order valence-electron chi connectivity index (χ4n) is 2.59. The number of benzene rings is 1. The summed E-state index contributed by atoms with van der Waals surface area (Å²) in [7, 11) is 0. The van der Waals surface area contributed by atoms with Crippen LogP contribution in [0, 0.1) is 0 Å². The van der Waals surface area contributed by atoms with Crippen LogP contribution in [-0.4, -0.2) is 6.08 Å². The second-order valence-corrected chi connectivity index (χ2v) is 5.54. The smallest absolute Gasteiger partial charge is 0.211 e. The van der Waals surface area contributed by atoms with Gasteiger partial charge in [-0.05, 0) is 54.9 Å². The Labute approximate surface area is 103 Å². The van der Waals surface area contributed by atoms with Gasteiger partial charge in [0.1, 0.15) is 0 Å². The summed E-state index contributed by atoms with van der Waals surface area (Å²) in [6.45, 7) is 0. The Balaban J connectivity index is 2.10. The van der Waals surface area contributed by atoms with Gasteiger partial charge in [-0.2, -0.15) is 4.99 Å². The molecular formula is C13H12BrNO. The molecule has 2 aliphatic rings. The lowest BCUT2D eigenvalue weighted by Crippen LogP contribution is -2.03. The minimum absolute atomic E-state index is 0.234. The first-order valence-electron chi connectivity index (χ1n) is 5.66. The molecule has 2 nitrogen and oxygen atoms in total. The van der Waals surface area contributed by atoms with Gasteiger partial charge in [-0.15, -0.1) is 0 Å². The number of nitrogens with zero attached hydrogens (tertiary/aromatic N) is 1. The van der Waals surface area contributed by atoms with E-state index in [9.17, 15) is 4.79 Å². The van der Waals surface area contributed by atoms with Gasteiger partial charge in [0, 0.05) is 4.47 Å². The molecule has 0 spiro atoms. The minimum atomic E-state index is -0.234. The molecule has 0 heterocycles. The standard InChI is InChI=1S/C13H12BrNO/c14-12-7-10(13(4-5-13)15-8-16)6-9-2-1-3-11(9)12/h6-7H,1-5H2. The summed E-state index contributed by atoms with van der Waals surface area (Å²) in [5.74, 6) is 0. The normalized spacial score (nSPS) is 20.1. The second kappa shape index (κ2) is 3.54. The zero-order valence-electron chi connectivity index (χ0n) is 8.92. The van der Waals surface area contributed by atoms with Crippen LogP contribution in [0.1, 0.15) is 36.0 Å². The van der Waals surface area contributed by atoms with Gasteiger partial charge < -0.3 is 0 Å². The average molecular weight is 278 g/mol. The molecule has 1 fully saturated rings. The highest BCUT2D eigenvalue weighted by molar-refractivity contribution is 9.10. The Morgan fingerprint density at radius 3 is 2.81 bits per heavy atom. The number of isocyanates is 1. The van der Waals surface area contributed by atoms with E-state index in [1.807, 2.05) is 0 Å². The molecule has 3 rings (SSSR count). The molecule has 0 amide bonds. The molecule has 82 valence electrons. The third kappa shape index (κ3) is 1.47. The van der Waals surface area contributed by atoms with Crippen LogP contribution in [-0.2, 0) is 23.2 Å². The summed E-state index contributed by atoms with van der Waals surface area (Å²) in [6, 6.07) is 4.37. The second-order valence-electron chi connectivity index (χ2n) is 4.68. The molecule has 1 aromatic carbocycles. The number of halogens is 1. The Hall–Kier alpha value is -0.920. The van der Waals surface area contributed by atoms with Crippen molar-refractivity contribution in [1.29, 1.82) is 0 Å². The fourth-order valence-corrected chi connectivity index (χ4v) is 3.29. The first kappa shape index (κ1) is 10.2. The molecular weight excluding hydrogens is 266 g/mol. The number of aryl methyl sites for hydroxylation is 1. The van der Waals surface area contributed by atoms with Crippen LogP contribution < -0.4 is 0 Å². The molecule has 1 saturated carbocycles. The van der Waals surface area contributed by atoms with Gasteiger partial charge >= 0.3 is 0 Å². The van der Waals surface area contributed by atoms with Gasteiger partial charge in [-0.1, -0.05) is 22.0 Å². The largest absolute Gasteiger partial charge is 0.235 e. The molecule has 0 aliphatic heterocycles. The summed E-state index contributed by atoms with van der Waals surface area (Å²) in [5.41, 5.74) is 3.82. The van der Waals surface area contributed by atoms with Crippen molar-refractivity contribution >= 4 is 22.0 Å². The van der Waals surface area contributed by atoms with Crippen molar-refractivity contribution in [3.8, 4) is 0 Å². The zero-order chi connectivity index (χ0) is 11.2. The summed E-state index contributed by atoms with van der Waals surface area (Å²) in [6.07, 6.45) is 7.23. The van der Waals surface area contributed by atoms with Crippen LogP contribution in [0.4, 0.5) is 0 Å². The molecule has 0 radical (unpaired) electrons. The lowest BCUT2D eigenvalue weighted by Gasteiger charge is -2.12. The van der Waals surface area contributed by atoms with E-state index in [0.29, 0.717) is 0 Å². The van der Waals surface area contributed by atoms with Gasteiger partial charge in [-0.3, -0.25) is 0 Å². The van der Waals surface area contributed by atoms with Gasteiger partial charge in [0.25, 0.3) is 0 Å². The van der Waals surface area contributed by atoms with Gasteiger partial charge in [0.2, 0.25) is 6.08 Å². The van der Waals surface area contributed by atoms with Crippen molar-refractivity contribution in [2.75, 3.05) is 0 Å². The molecule has 0 aromatic heterocycles. The molecule has 0 saturated heterocycles. The summed E-state index contributed by atoms with van der Waals surface area (Å²) >= 11 is 3.63. The van der Waals surface area contributed by atoms with Gasteiger partial charge in [0.15, 0.2) is 0 Å².